The Morgan fingerprint density at radius 1 is 0.362 bits per heavy atom. The summed E-state index contributed by atoms with van der Waals surface area (Å²) in [5.41, 5.74) is 20.2. The fourth-order valence-corrected chi connectivity index (χ4v) is 9.95. The number of fused-ring (bicyclic) bond motifs is 9. The molecule has 0 spiro atoms. The lowest BCUT2D eigenvalue weighted by Gasteiger charge is -2.28. The summed E-state index contributed by atoms with van der Waals surface area (Å²) in [6, 6.07) is 67.5. The van der Waals surface area contributed by atoms with E-state index in [0.717, 1.165) is 17.1 Å². The number of hydrogen-bond donors (Lipinski definition) is 0. The largest absolute Gasteiger partial charge is 0.310 e. The number of aromatic nitrogens is 1. The van der Waals surface area contributed by atoms with Gasteiger partial charge in [0.1, 0.15) is 0 Å². The second-order valence-corrected chi connectivity index (χ2v) is 16.6. The maximum Gasteiger partial charge on any atom is 0.0541 e. The third-order valence-electron chi connectivity index (χ3n) is 12.8. The maximum absolute atomic E-state index is 2.45. The van der Waals surface area contributed by atoms with E-state index in [2.05, 4.69) is 219 Å². The zero-order valence-corrected chi connectivity index (χ0v) is 34.2. The molecule has 0 bridgehead atoms. The minimum absolute atomic E-state index is 0.0473. The van der Waals surface area contributed by atoms with Crippen LogP contribution in [0.4, 0.5) is 17.1 Å². The van der Waals surface area contributed by atoms with Gasteiger partial charge in [0, 0.05) is 44.4 Å². The smallest absolute Gasteiger partial charge is 0.0541 e. The van der Waals surface area contributed by atoms with Gasteiger partial charge < -0.3 is 9.47 Å². The van der Waals surface area contributed by atoms with E-state index in [4.69, 9.17) is 0 Å². The van der Waals surface area contributed by atoms with Crippen molar-refractivity contribution >= 4 is 38.9 Å². The van der Waals surface area contributed by atoms with Gasteiger partial charge in [0.15, 0.2) is 0 Å². The Bertz CT molecular complexity index is 2910. The standard InChI is InChI=1S/C54H42N2.C2H6/c1-53(2)47-19-11-8-16-41(47)44-33-39(27-29-49(44)53)55(40-28-30-50-45(34-40)42-17-9-12-20-48(42)54(50,3)4)38-25-22-35(23-26-38)36-24-31-52-46(32-36)43-18-10-13-21-51(43)56(52)37-14-6-5-7-15-37;1-2/h5-34H,1-4H3;1-2H3. The topological polar surface area (TPSA) is 8.17 Å². The molecule has 11 rings (SSSR count). The molecule has 0 saturated heterocycles. The van der Waals surface area contributed by atoms with Crippen molar-refractivity contribution in [1.82, 2.24) is 4.57 Å². The molecule has 0 unspecified atom stereocenters. The molecule has 2 aliphatic rings. The van der Waals surface area contributed by atoms with Crippen molar-refractivity contribution in [3.05, 3.63) is 204 Å². The van der Waals surface area contributed by atoms with Crippen LogP contribution in [-0.2, 0) is 10.8 Å². The van der Waals surface area contributed by atoms with Crippen molar-refractivity contribution in [3.63, 3.8) is 0 Å². The van der Waals surface area contributed by atoms with Gasteiger partial charge in [0.2, 0.25) is 0 Å². The first-order valence-electron chi connectivity index (χ1n) is 20.8. The first-order valence-corrected chi connectivity index (χ1v) is 20.8. The van der Waals surface area contributed by atoms with Crippen LogP contribution < -0.4 is 4.90 Å². The minimum Gasteiger partial charge on any atom is -0.310 e. The molecule has 0 saturated carbocycles. The average Bonchev–Trinajstić information content (AvgIpc) is 3.81. The Morgan fingerprint density at radius 3 is 1.43 bits per heavy atom. The van der Waals surface area contributed by atoms with Crippen molar-refractivity contribution in [2.24, 2.45) is 0 Å². The van der Waals surface area contributed by atoms with Crippen LogP contribution in [0.5, 0.6) is 0 Å². The monoisotopic (exact) mass is 748 g/mol. The zero-order valence-electron chi connectivity index (χ0n) is 34.2. The Kier molecular flexibility index (Phi) is 8.32. The average molecular weight is 749 g/mol. The third kappa shape index (κ3) is 5.32. The molecule has 282 valence electrons. The van der Waals surface area contributed by atoms with Crippen LogP contribution in [0, 0.1) is 0 Å². The summed E-state index contributed by atoms with van der Waals surface area (Å²) in [6.45, 7) is 13.4. The summed E-state index contributed by atoms with van der Waals surface area (Å²) >= 11 is 0. The molecular formula is C56H48N2. The van der Waals surface area contributed by atoms with Gasteiger partial charge in [0.05, 0.1) is 11.0 Å². The van der Waals surface area contributed by atoms with E-state index in [9.17, 15) is 0 Å². The fraction of sp³-hybridized carbons (Fsp3) is 0.143. The van der Waals surface area contributed by atoms with Crippen LogP contribution in [0.1, 0.15) is 63.8 Å². The Labute approximate surface area is 342 Å². The Balaban J connectivity index is 0.00000201. The van der Waals surface area contributed by atoms with Crippen molar-refractivity contribution in [2.45, 2.75) is 52.4 Å². The lowest BCUT2D eigenvalue weighted by Crippen LogP contribution is -2.16. The van der Waals surface area contributed by atoms with Crippen molar-refractivity contribution < 1.29 is 0 Å². The fourth-order valence-electron chi connectivity index (χ4n) is 9.95. The van der Waals surface area contributed by atoms with Crippen molar-refractivity contribution in [2.75, 3.05) is 4.90 Å². The highest BCUT2D eigenvalue weighted by Crippen LogP contribution is 2.53. The van der Waals surface area contributed by atoms with Gasteiger partial charge in [-0.3, -0.25) is 0 Å². The predicted molar refractivity (Wildman–Crippen MR) is 247 cm³/mol. The first-order chi connectivity index (χ1) is 28.3. The lowest BCUT2D eigenvalue weighted by molar-refractivity contribution is 0.660. The summed E-state index contributed by atoms with van der Waals surface area (Å²) in [7, 11) is 0. The molecule has 0 amide bonds. The van der Waals surface area contributed by atoms with Crippen LogP contribution in [0.3, 0.4) is 0 Å². The van der Waals surface area contributed by atoms with Gasteiger partial charge in [-0.1, -0.05) is 157 Å². The number of nitrogens with zero attached hydrogens (tertiary/aromatic N) is 2. The molecule has 58 heavy (non-hydrogen) atoms. The van der Waals surface area contributed by atoms with Gasteiger partial charge in [-0.2, -0.15) is 0 Å². The van der Waals surface area contributed by atoms with Gasteiger partial charge in [-0.25, -0.2) is 0 Å². The maximum atomic E-state index is 2.45. The molecule has 0 radical (unpaired) electrons. The van der Waals surface area contributed by atoms with Crippen LogP contribution in [-0.4, -0.2) is 4.57 Å². The molecule has 0 N–H and O–H groups in total. The van der Waals surface area contributed by atoms with E-state index in [-0.39, 0.29) is 10.8 Å². The summed E-state index contributed by atoms with van der Waals surface area (Å²) in [5, 5.41) is 2.52. The molecule has 2 heteroatoms. The van der Waals surface area contributed by atoms with E-state index in [1.54, 1.807) is 0 Å². The third-order valence-corrected chi connectivity index (χ3v) is 12.8. The van der Waals surface area contributed by atoms with Gasteiger partial charge in [-0.05, 0) is 122 Å². The second-order valence-electron chi connectivity index (χ2n) is 16.6. The van der Waals surface area contributed by atoms with Gasteiger partial charge in [-0.15, -0.1) is 0 Å². The molecule has 2 aliphatic carbocycles. The molecule has 9 aromatic rings. The Hall–Kier alpha value is -6.64. The summed E-state index contributed by atoms with van der Waals surface area (Å²) in [5.74, 6) is 0. The van der Waals surface area contributed by atoms with Crippen LogP contribution in [0.15, 0.2) is 182 Å². The molecule has 0 fully saturated rings. The number of para-hydroxylation sites is 2. The number of rotatable bonds is 5. The van der Waals surface area contributed by atoms with E-state index >= 15 is 0 Å². The predicted octanol–water partition coefficient (Wildman–Crippen LogP) is 15.6. The molecule has 1 aromatic heterocycles. The number of benzene rings is 8. The lowest BCUT2D eigenvalue weighted by atomic mass is 9.82. The normalized spacial score (nSPS) is 14.0. The molecule has 2 nitrogen and oxygen atoms in total. The molecule has 1 heterocycles. The molecule has 0 atom stereocenters. The van der Waals surface area contributed by atoms with Gasteiger partial charge in [0.25, 0.3) is 0 Å². The first kappa shape index (κ1) is 35.8. The molecular weight excluding hydrogens is 701 g/mol. The molecule has 0 aliphatic heterocycles. The van der Waals surface area contributed by atoms with Crippen LogP contribution in [0.25, 0.3) is 60.9 Å². The van der Waals surface area contributed by atoms with E-state index in [0.29, 0.717) is 0 Å². The highest BCUT2D eigenvalue weighted by atomic mass is 15.1. The SMILES string of the molecule is CC.CC1(C)c2ccccc2-c2cc(N(c3ccc(-c4ccc5c(c4)c4ccccc4n5-c4ccccc4)cc3)c3ccc4c(c3)-c3ccccc3C4(C)C)ccc21. The van der Waals surface area contributed by atoms with Crippen molar-refractivity contribution in [3.8, 4) is 39.1 Å². The zero-order chi connectivity index (χ0) is 39.8. The summed E-state index contributed by atoms with van der Waals surface area (Å²) < 4.78 is 2.38. The molecule has 8 aromatic carbocycles. The second kappa shape index (κ2) is 13.5. The van der Waals surface area contributed by atoms with E-state index in [1.165, 1.54) is 83.1 Å². The van der Waals surface area contributed by atoms with E-state index < -0.39 is 0 Å². The van der Waals surface area contributed by atoms with Gasteiger partial charge >= 0.3 is 0 Å². The summed E-state index contributed by atoms with van der Waals surface area (Å²) in [4.78, 5) is 2.45. The van der Waals surface area contributed by atoms with Crippen LogP contribution in [0.2, 0.25) is 0 Å². The highest BCUT2D eigenvalue weighted by Gasteiger charge is 2.37. The Morgan fingerprint density at radius 2 is 0.828 bits per heavy atom. The van der Waals surface area contributed by atoms with Crippen LogP contribution >= 0.6 is 0 Å². The quantitative estimate of drug-likeness (QED) is 0.170. The van der Waals surface area contributed by atoms with Crippen molar-refractivity contribution in [1.29, 1.82) is 0 Å². The number of hydrogen-bond acceptors (Lipinski definition) is 1. The summed E-state index contributed by atoms with van der Waals surface area (Å²) in [6.07, 6.45) is 0. The van der Waals surface area contributed by atoms with E-state index in [1.807, 2.05) is 13.8 Å². The minimum atomic E-state index is -0.0473. The highest BCUT2D eigenvalue weighted by molar-refractivity contribution is 6.10. The number of anilines is 3.